The second kappa shape index (κ2) is 6.36. The number of methoxy groups -OCH3 is 1. The summed E-state index contributed by atoms with van der Waals surface area (Å²) in [5.74, 6) is 0.705. The van der Waals surface area contributed by atoms with Crippen LogP contribution in [0.4, 0.5) is 5.69 Å². The molecule has 1 amide bonds. The van der Waals surface area contributed by atoms with Gasteiger partial charge in [0, 0.05) is 16.6 Å². The number of rotatable bonds is 4. The third-order valence-electron chi connectivity index (χ3n) is 4.16. The number of aryl methyl sites for hydroxylation is 1. The van der Waals surface area contributed by atoms with Crippen molar-refractivity contribution in [3.8, 4) is 11.4 Å². The van der Waals surface area contributed by atoms with Crippen molar-refractivity contribution in [1.82, 2.24) is 14.8 Å². The Morgan fingerprint density at radius 1 is 1.19 bits per heavy atom. The lowest BCUT2D eigenvalue weighted by molar-refractivity contribution is 0.0998. The summed E-state index contributed by atoms with van der Waals surface area (Å²) in [6, 6.07) is 12.8. The molecule has 0 spiro atoms. The van der Waals surface area contributed by atoms with E-state index in [4.69, 9.17) is 9.15 Å². The molecule has 1 N–H and O–H groups in total. The number of carbonyl (C=O) groups excluding carboxylic acids is 1. The zero-order chi connectivity index (χ0) is 18.1. The van der Waals surface area contributed by atoms with E-state index in [0.717, 1.165) is 22.4 Å². The first-order chi connectivity index (χ1) is 12.7. The van der Waals surface area contributed by atoms with Gasteiger partial charge in [0.1, 0.15) is 24.0 Å². The highest BCUT2D eigenvalue weighted by Crippen LogP contribution is 2.29. The molecular weight excluding hydrogens is 332 g/mol. The Balaban J connectivity index is 1.58. The van der Waals surface area contributed by atoms with Crippen molar-refractivity contribution in [3.05, 3.63) is 66.4 Å². The summed E-state index contributed by atoms with van der Waals surface area (Å²) in [7, 11) is 1.60. The third-order valence-corrected chi connectivity index (χ3v) is 4.16. The molecule has 0 fully saturated rings. The first-order valence-electron chi connectivity index (χ1n) is 7.99. The van der Waals surface area contributed by atoms with E-state index < -0.39 is 0 Å². The Kier molecular flexibility index (Phi) is 3.89. The van der Waals surface area contributed by atoms with Crippen molar-refractivity contribution >= 4 is 22.6 Å². The number of nitrogens with zero attached hydrogens (tertiary/aromatic N) is 3. The number of benzene rings is 2. The lowest BCUT2D eigenvalue weighted by Crippen LogP contribution is -2.12. The Bertz CT molecular complexity index is 1070. The second-order valence-corrected chi connectivity index (χ2v) is 5.76. The van der Waals surface area contributed by atoms with Crippen LogP contribution in [0.5, 0.6) is 5.75 Å². The fourth-order valence-electron chi connectivity index (χ4n) is 2.77. The van der Waals surface area contributed by atoms with Crippen molar-refractivity contribution in [2.24, 2.45) is 0 Å². The standard InChI is InChI=1S/C19H16N4O3/c1-12-16-9-15(25-2)7-8-17(16)26-18(12)19(24)22-13-3-5-14(6-4-13)23-11-20-10-21-23/h3-11H,1-2H3,(H,22,24). The molecule has 130 valence electrons. The van der Waals surface area contributed by atoms with E-state index in [0.29, 0.717) is 11.3 Å². The minimum Gasteiger partial charge on any atom is -0.497 e. The molecule has 0 aliphatic heterocycles. The number of ether oxygens (including phenoxy) is 1. The maximum atomic E-state index is 12.6. The molecule has 2 aromatic heterocycles. The van der Waals surface area contributed by atoms with Crippen LogP contribution < -0.4 is 10.1 Å². The van der Waals surface area contributed by atoms with Gasteiger partial charge in [-0.1, -0.05) is 0 Å². The molecule has 7 nitrogen and oxygen atoms in total. The molecular formula is C19H16N4O3. The van der Waals surface area contributed by atoms with Gasteiger partial charge in [0.05, 0.1) is 12.8 Å². The van der Waals surface area contributed by atoms with Gasteiger partial charge in [0.2, 0.25) is 0 Å². The summed E-state index contributed by atoms with van der Waals surface area (Å²) in [6.07, 6.45) is 3.08. The molecule has 0 atom stereocenters. The molecule has 0 bridgehead atoms. The number of aromatic nitrogens is 3. The highest BCUT2D eigenvalue weighted by Gasteiger charge is 2.18. The average molecular weight is 348 g/mol. The molecule has 0 saturated heterocycles. The second-order valence-electron chi connectivity index (χ2n) is 5.76. The molecule has 2 heterocycles. The SMILES string of the molecule is COc1ccc2oc(C(=O)Nc3ccc(-n4cncn4)cc3)c(C)c2c1. The smallest absolute Gasteiger partial charge is 0.291 e. The van der Waals surface area contributed by atoms with Crippen LogP contribution in [-0.4, -0.2) is 27.8 Å². The van der Waals surface area contributed by atoms with Gasteiger partial charge < -0.3 is 14.5 Å². The number of hydrogen-bond acceptors (Lipinski definition) is 5. The molecule has 0 radical (unpaired) electrons. The monoisotopic (exact) mass is 348 g/mol. The molecule has 0 aliphatic rings. The van der Waals surface area contributed by atoms with Gasteiger partial charge >= 0.3 is 0 Å². The van der Waals surface area contributed by atoms with Gasteiger partial charge in [-0.2, -0.15) is 5.10 Å². The summed E-state index contributed by atoms with van der Waals surface area (Å²) in [5, 5.41) is 7.78. The van der Waals surface area contributed by atoms with Crippen LogP contribution in [0.2, 0.25) is 0 Å². The predicted octanol–water partition coefficient (Wildman–Crippen LogP) is 3.58. The molecule has 26 heavy (non-hydrogen) atoms. The fourth-order valence-corrected chi connectivity index (χ4v) is 2.77. The number of amides is 1. The quantitative estimate of drug-likeness (QED) is 0.609. The minimum atomic E-state index is -0.300. The number of furan rings is 1. The Hall–Kier alpha value is -3.61. The van der Waals surface area contributed by atoms with Crippen LogP contribution >= 0.6 is 0 Å². The zero-order valence-corrected chi connectivity index (χ0v) is 14.3. The number of nitrogens with one attached hydrogen (secondary N) is 1. The number of anilines is 1. The first-order valence-corrected chi connectivity index (χ1v) is 7.99. The van der Waals surface area contributed by atoms with Crippen LogP contribution in [0.1, 0.15) is 16.1 Å². The molecule has 7 heteroatoms. The lowest BCUT2D eigenvalue weighted by atomic mass is 10.1. The molecule has 4 rings (SSSR count). The summed E-state index contributed by atoms with van der Waals surface area (Å²) < 4.78 is 12.6. The number of carbonyl (C=O) groups is 1. The van der Waals surface area contributed by atoms with Crippen LogP contribution in [0.15, 0.2) is 59.5 Å². The fraction of sp³-hybridized carbons (Fsp3) is 0.105. The van der Waals surface area contributed by atoms with Crippen LogP contribution in [0, 0.1) is 6.92 Å². The Labute approximate surface area is 149 Å². The Morgan fingerprint density at radius 3 is 2.69 bits per heavy atom. The normalized spacial score (nSPS) is 10.8. The van der Waals surface area contributed by atoms with Gasteiger partial charge in [-0.25, -0.2) is 9.67 Å². The summed E-state index contributed by atoms with van der Waals surface area (Å²) >= 11 is 0. The zero-order valence-electron chi connectivity index (χ0n) is 14.3. The Morgan fingerprint density at radius 2 is 2.00 bits per heavy atom. The van der Waals surface area contributed by atoms with Crippen LogP contribution in [0.25, 0.3) is 16.7 Å². The maximum Gasteiger partial charge on any atom is 0.291 e. The average Bonchev–Trinajstić information content (AvgIpc) is 3.31. The van der Waals surface area contributed by atoms with E-state index in [1.54, 1.807) is 42.4 Å². The number of fused-ring (bicyclic) bond motifs is 1. The third kappa shape index (κ3) is 2.79. The van der Waals surface area contributed by atoms with Gasteiger partial charge in [-0.05, 0) is 49.4 Å². The van der Waals surface area contributed by atoms with E-state index >= 15 is 0 Å². The summed E-state index contributed by atoms with van der Waals surface area (Å²) in [5.41, 5.74) is 2.94. The van der Waals surface area contributed by atoms with E-state index in [9.17, 15) is 4.79 Å². The van der Waals surface area contributed by atoms with Crippen molar-refractivity contribution in [3.63, 3.8) is 0 Å². The van der Waals surface area contributed by atoms with E-state index in [1.807, 2.05) is 25.1 Å². The molecule has 4 aromatic rings. The highest BCUT2D eigenvalue weighted by atomic mass is 16.5. The summed E-state index contributed by atoms with van der Waals surface area (Å²) in [4.78, 5) is 16.5. The van der Waals surface area contributed by atoms with Gasteiger partial charge in [0.25, 0.3) is 5.91 Å². The van der Waals surface area contributed by atoms with Crippen molar-refractivity contribution < 1.29 is 13.9 Å². The van der Waals surface area contributed by atoms with Crippen molar-refractivity contribution in [2.45, 2.75) is 6.92 Å². The van der Waals surface area contributed by atoms with E-state index in [-0.39, 0.29) is 11.7 Å². The van der Waals surface area contributed by atoms with Gasteiger partial charge in [-0.15, -0.1) is 0 Å². The largest absolute Gasteiger partial charge is 0.497 e. The topological polar surface area (TPSA) is 82.2 Å². The van der Waals surface area contributed by atoms with Crippen LogP contribution in [-0.2, 0) is 0 Å². The summed E-state index contributed by atoms with van der Waals surface area (Å²) in [6.45, 7) is 1.86. The lowest BCUT2D eigenvalue weighted by Gasteiger charge is -2.05. The first kappa shape index (κ1) is 15.9. The predicted molar refractivity (Wildman–Crippen MR) is 96.8 cm³/mol. The molecule has 2 aromatic carbocycles. The molecule has 0 unspecified atom stereocenters. The highest BCUT2D eigenvalue weighted by molar-refractivity contribution is 6.06. The minimum absolute atomic E-state index is 0.286. The van der Waals surface area contributed by atoms with Crippen molar-refractivity contribution in [2.75, 3.05) is 12.4 Å². The van der Waals surface area contributed by atoms with Crippen molar-refractivity contribution in [1.29, 1.82) is 0 Å². The van der Waals surface area contributed by atoms with E-state index in [2.05, 4.69) is 15.4 Å². The van der Waals surface area contributed by atoms with Gasteiger partial charge in [0.15, 0.2) is 5.76 Å². The molecule has 0 saturated carbocycles. The number of hydrogen-bond donors (Lipinski definition) is 1. The molecule has 0 aliphatic carbocycles. The van der Waals surface area contributed by atoms with Crippen LogP contribution in [0.3, 0.4) is 0 Å². The maximum absolute atomic E-state index is 12.6. The van der Waals surface area contributed by atoms with E-state index in [1.165, 1.54) is 6.33 Å². The van der Waals surface area contributed by atoms with Gasteiger partial charge in [-0.3, -0.25) is 4.79 Å².